The van der Waals surface area contributed by atoms with E-state index in [4.69, 9.17) is 9.90 Å². The molecule has 14 nitrogen and oxygen atoms in total. The van der Waals surface area contributed by atoms with Crippen LogP contribution in [0.25, 0.3) is 0 Å². The van der Waals surface area contributed by atoms with Gasteiger partial charge in [-0.25, -0.2) is 19.5 Å². The molecule has 2 rings (SSSR count). The zero-order chi connectivity index (χ0) is 24.5. The summed E-state index contributed by atoms with van der Waals surface area (Å²) in [6.45, 7) is 4.83. The predicted octanol–water partition coefficient (Wildman–Crippen LogP) is -0.472. The number of anilines is 1. The number of H-pyrrole nitrogens is 1. The van der Waals surface area contributed by atoms with Crippen molar-refractivity contribution in [1.82, 2.24) is 31.3 Å². The Labute approximate surface area is 177 Å². The number of rotatable bonds is 4. The Morgan fingerprint density at radius 1 is 1.38 bits per heavy atom. The number of amides is 3. The average molecular weight is 462 g/mol. The molecule has 0 aromatic carbocycles. The Morgan fingerprint density at radius 2 is 2.00 bits per heavy atom. The maximum absolute atomic E-state index is 12.4. The highest BCUT2D eigenvalue weighted by atomic mass is 19.4. The summed E-state index contributed by atoms with van der Waals surface area (Å²) in [5.74, 6) is 1.83. The van der Waals surface area contributed by atoms with E-state index in [-0.39, 0.29) is 18.9 Å². The molecular weight excluding hydrogens is 445 g/mol. The lowest BCUT2D eigenvalue weighted by atomic mass is 10.0. The number of imide groups is 1. The van der Waals surface area contributed by atoms with Gasteiger partial charge in [0.1, 0.15) is 5.84 Å². The van der Waals surface area contributed by atoms with E-state index >= 15 is 0 Å². The number of urea groups is 1. The molecule has 4 N–H and O–H groups in total. The van der Waals surface area contributed by atoms with Crippen LogP contribution in [0.2, 0.25) is 0 Å². The third-order valence-corrected chi connectivity index (χ3v) is 3.32. The molecule has 17 heteroatoms. The summed E-state index contributed by atoms with van der Waals surface area (Å²) < 4.78 is 31.7. The first kappa shape index (κ1) is 25.8. The van der Waals surface area contributed by atoms with E-state index in [1.165, 1.54) is 6.92 Å². The number of carbonyl (C=O) groups is 4. The molecule has 0 spiro atoms. The number of tetrazole rings is 1. The summed E-state index contributed by atoms with van der Waals surface area (Å²) >= 11 is 0. The van der Waals surface area contributed by atoms with Crippen LogP contribution in [0.3, 0.4) is 0 Å². The molecule has 1 saturated heterocycles. The van der Waals surface area contributed by atoms with Gasteiger partial charge >= 0.3 is 24.1 Å². The average Bonchev–Trinajstić information content (AvgIpc) is 3.30. The molecule has 1 aliphatic heterocycles. The fourth-order valence-electron chi connectivity index (χ4n) is 1.77. The second kappa shape index (κ2) is 10.7. The molecule has 32 heavy (non-hydrogen) atoms. The molecule has 1 unspecified atom stereocenters. The molecule has 3 amide bonds. The standard InChI is InChI=1S/C13H16N8O4.C2HF3O2/c1-4-9(22)25-18-8(2)14-7-5-6-13(3)10(23)21(12(24)15-13)11-16-19-20-17-11;3-2(4,5)1(6)7/h4,7H2,1-3H3,(H,14,18)(H,15,24)(H,16,17,19,20);(H,6,7). The maximum atomic E-state index is 12.4. The Balaban J connectivity index is 0.000000633. The van der Waals surface area contributed by atoms with Crippen molar-refractivity contribution < 1.29 is 42.3 Å². The van der Waals surface area contributed by atoms with E-state index in [2.05, 4.69) is 53.1 Å². The number of amidine groups is 1. The van der Waals surface area contributed by atoms with Crippen molar-refractivity contribution in [3.05, 3.63) is 0 Å². The SMILES string of the molecule is CCC(=O)ON=C(C)NCC#CC1(C)NC(=O)N(c2nnn[nH]2)C1=O.O=C(O)C(F)(F)F. The minimum Gasteiger partial charge on any atom is -0.475 e. The van der Waals surface area contributed by atoms with Crippen molar-refractivity contribution in [3.8, 4) is 11.8 Å². The van der Waals surface area contributed by atoms with E-state index in [1.807, 2.05) is 0 Å². The lowest BCUT2D eigenvalue weighted by molar-refractivity contribution is -0.192. The molecule has 1 atom stereocenters. The van der Waals surface area contributed by atoms with Gasteiger partial charge in [0.15, 0.2) is 5.54 Å². The largest absolute Gasteiger partial charge is 0.490 e. The summed E-state index contributed by atoms with van der Waals surface area (Å²) in [5.41, 5.74) is -1.41. The van der Waals surface area contributed by atoms with E-state index in [0.717, 1.165) is 4.90 Å². The van der Waals surface area contributed by atoms with Crippen LogP contribution >= 0.6 is 0 Å². The van der Waals surface area contributed by atoms with Crippen molar-refractivity contribution in [3.63, 3.8) is 0 Å². The minimum atomic E-state index is -5.08. The highest BCUT2D eigenvalue weighted by Crippen LogP contribution is 2.20. The highest BCUT2D eigenvalue weighted by Gasteiger charge is 2.49. The van der Waals surface area contributed by atoms with Gasteiger partial charge in [0, 0.05) is 6.42 Å². The molecule has 1 aromatic heterocycles. The number of oxime groups is 1. The van der Waals surface area contributed by atoms with Crippen LogP contribution in [0.4, 0.5) is 23.9 Å². The first-order chi connectivity index (χ1) is 14.8. The van der Waals surface area contributed by atoms with Crippen molar-refractivity contribution in [2.24, 2.45) is 5.16 Å². The number of nitrogens with zero attached hydrogens (tertiary/aromatic N) is 5. The second-order valence-electron chi connectivity index (χ2n) is 5.87. The zero-order valence-corrected chi connectivity index (χ0v) is 16.8. The fourth-order valence-corrected chi connectivity index (χ4v) is 1.77. The molecule has 0 saturated carbocycles. The first-order valence-corrected chi connectivity index (χ1v) is 8.50. The minimum absolute atomic E-state index is 0.0909. The van der Waals surface area contributed by atoms with Gasteiger partial charge in [-0.05, 0) is 24.3 Å². The number of halogens is 3. The topological polar surface area (TPSA) is 192 Å². The quantitative estimate of drug-likeness (QED) is 0.114. The zero-order valence-electron chi connectivity index (χ0n) is 16.8. The van der Waals surface area contributed by atoms with Gasteiger partial charge in [0.05, 0.1) is 6.54 Å². The smallest absolute Gasteiger partial charge is 0.475 e. The Hall–Kier alpha value is -4.23. The van der Waals surface area contributed by atoms with Gasteiger partial charge in [-0.1, -0.05) is 29.0 Å². The van der Waals surface area contributed by atoms with Crippen LogP contribution in [0.1, 0.15) is 27.2 Å². The monoisotopic (exact) mass is 462 g/mol. The fraction of sp³-hybridized carbons (Fsp3) is 0.467. The first-order valence-electron chi connectivity index (χ1n) is 8.50. The predicted molar refractivity (Wildman–Crippen MR) is 97.6 cm³/mol. The molecule has 0 bridgehead atoms. The van der Waals surface area contributed by atoms with Crippen molar-refractivity contribution >= 4 is 35.7 Å². The van der Waals surface area contributed by atoms with Gasteiger partial charge in [-0.15, -0.1) is 0 Å². The lowest BCUT2D eigenvalue weighted by Crippen LogP contribution is -2.42. The number of aliphatic carboxylic acids is 1. The van der Waals surface area contributed by atoms with E-state index in [1.54, 1.807) is 13.8 Å². The molecule has 2 heterocycles. The molecule has 0 radical (unpaired) electrons. The number of aromatic nitrogens is 4. The third-order valence-electron chi connectivity index (χ3n) is 3.32. The summed E-state index contributed by atoms with van der Waals surface area (Å²) in [7, 11) is 0. The summed E-state index contributed by atoms with van der Waals surface area (Å²) in [6, 6.07) is -0.683. The van der Waals surface area contributed by atoms with E-state index < -0.39 is 35.6 Å². The Kier molecular flexibility index (Phi) is 8.63. The number of carbonyl (C=O) groups excluding carboxylic acids is 3. The van der Waals surface area contributed by atoms with Crippen LogP contribution in [0.15, 0.2) is 5.16 Å². The summed E-state index contributed by atoms with van der Waals surface area (Å²) in [6.07, 6.45) is -4.87. The van der Waals surface area contributed by atoms with Gasteiger partial charge < -0.3 is 20.6 Å². The van der Waals surface area contributed by atoms with Crippen LogP contribution in [-0.4, -0.2) is 73.7 Å². The van der Waals surface area contributed by atoms with E-state index in [9.17, 15) is 27.6 Å². The number of hydrogen-bond donors (Lipinski definition) is 4. The number of carboxylic acid groups (broad SMARTS) is 1. The number of nitrogens with one attached hydrogen (secondary N) is 3. The molecule has 1 fully saturated rings. The molecule has 174 valence electrons. The van der Waals surface area contributed by atoms with E-state index in [0.29, 0.717) is 5.84 Å². The molecule has 1 aliphatic rings. The van der Waals surface area contributed by atoms with Crippen molar-refractivity contribution in [2.75, 3.05) is 11.4 Å². The molecule has 0 aliphatic carbocycles. The van der Waals surface area contributed by atoms with Gasteiger partial charge in [-0.3, -0.25) is 4.79 Å². The van der Waals surface area contributed by atoms with Crippen LogP contribution in [-0.2, 0) is 19.2 Å². The van der Waals surface area contributed by atoms with Crippen LogP contribution in [0.5, 0.6) is 0 Å². The summed E-state index contributed by atoms with van der Waals surface area (Å²) in [5, 5.41) is 28.5. The molecule has 1 aromatic rings. The van der Waals surface area contributed by atoms with Gasteiger partial charge in [0.2, 0.25) is 0 Å². The maximum Gasteiger partial charge on any atom is 0.490 e. The number of hydrogen-bond acceptors (Lipinski definition) is 9. The Morgan fingerprint density at radius 3 is 2.50 bits per heavy atom. The normalized spacial score (nSPS) is 18.1. The third kappa shape index (κ3) is 7.23. The number of alkyl halides is 3. The number of carboxylic acids is 1. The molecular formula is C15H17F3N8O6. The highest BCUT2D eigenvalue weighted by molar-refractivity contribution is 6.23. The van der Waals surface area contributed by atoms with Crippen LogP contribution in [0, 0.1) is 11.8 Å². The van der Waals surface area contributed by atoms with Crippen molar-refractivity contribution in [2.45, 2.75) is 38.9 Å². The summed E-state index contributed by atoms with van der Waals surface area (Å²) in [4.78, 5) is 49.6. The van der Waals surface area contributed by atoms with Gasteiger partial charge in [0.25, 0.3) is 11.9 Å². The Bertz CT molecular complexity index is 953. The number of aromatic amines is 1. The lowest BCUT2D eigenvalue weighted by Gasteiger charge is -2.13. The van der Waals surface area contributed by atoms with Gasteiger partial charge in [-0.2, -0.15) is 18.1 Å². The van der Waals surface area contributed by atoms with Crippen LogP contribution < -0.4 is 15.5 Å². The second-order valence-corrected chi connectivity index (χ2v) is 5.87. The van der Waals surface area contributed by atoms with Crippen molar-refractivity contribution in [1.29, 1.82) is 0 Å².